The van der Waals surface area contributed by atoms with E-state index in [2.05, 4.69) is 10.3 Å². The summed E-state index contributed by atoms with van der Waals surface area (Å²) in [6.07, 6.45) is 3.63. The Morgan fingerprint density at radius 2 is 1.88 bits per heavy atom. The van der Waals surface area contributed by atoms with Gasteiger partial charge in [0.15, 0.2) is 0 Å². The molecular formula is C26H32N4O4. The average Bonchev–Trinajstić information content (AvgIpc) is 3.29. The summed E-state index contributed by atoms with van der Waals surface area (Å²) in [4.78, 5) is 46.9. The maximum absolute atomic E-state index is 13.5. The molecule has 8 heteroatoms. The number of nitrogens with one attached hydrogen (secondary N) is 1. The van der Waals surface area contributed by atoms with Crippen LogP contribution in [0, 0.1) is 0 Å². The van der Waals surface area contributed by atoms with Crippen molar-refractivity contribution in [2.75, 3.05) is 33.3 Å². The second-order valence-corrected chi connectivity index (χ2v) is 8.84. The Morgan fingerprint density at radius 3 is 2.62 bits per heavy atom. The van der Waals surface area contributed by atoms with Crippen molar-refractivity contribution in [1.29, 1.82) is 0 Å². The van der Waals surface area contributed by atoms with Crippen LogP contribution in [0.3, 0.4) is 0 Å². The number of ether oxygens (including phenoxy) is 1. The lowest BCUT2D eigenvalue weighted by Crippen LogP contribution is -2.39. The average molecular weight is 465 g/mol. The number of amides is 3. The third-order valence-electron chi connectivity index (χ3n) is 6.60. The molecule has 0 spiro atoms. The summed E-state index contributed by atoms with van der Waals surface area (Å²) < 4.78 is 5.45. The molecule has 2 aliphatic rings. The summed E-state index contributed by atoms with van der Waals surface area (Å²) in [5.41, 5.74) is 3.48. The Kier molecular flexibility index (Phi) is 7.45. The van der Waals surface area contributed by atoms with Crippen LogP contribution in [0.15, 0.2) is 36.4 Å². The summed E-state index contributed by atoms with van der Waals surface area (Å²) in [7, 11) is 1.53. The minimum Gasteiger partial charge on any atom is -0.480 e. The van der Waals surface area contributed by atoms with Gasteiger partial charge in [0.25, 0.3) is 5.91 Å². The van der Waals surface area contributed by atoms with Crippen LogP contribution in [0.4, 0.5) is 0 Å². The molecular weight excluding hydrogens is 432 g/mol. The van der Waals surface area contributed by atoms with Crippen molar-refractivity contribution >= 4 is 17.7 Å². The highest BCUT2D eigenvalue weighted by Crippen LogP contribution is 2.28. The molecule has 0 saturated carbocycles. The van der Waals surface area contributed by atoms with Gasteiger partial charge in [0, 0.05) is 38.8 Å². The fourth-order valence-corrected chi connectivity index (χ4v) is 4.87. The third kappa shape index (κ3) is 5.21. The molecule has 0 radical (unpaired) electrons. The number of benzene rings is 1. The minimum atomic E-state index is -0.345. The minimum absolute atomic E-state index is 0.0942. The number of aromatic nitrogens is 1. The van der Waals surface area contributed by atoms with Gasteiger partial charge in [-0.1, -0.05) is 30.3 Å². The van der Waals surface area contributed by atoms with Crippen LogP contribution in [0.25, 0.3) is 0 Å². The third-order valence-corrected chi connectivity index (χ3v) is 6.60. The molecule has 2 heterocycles. The first-order valence-electron chi connectivity index (χ1n) is 11.9. The Labute approximate surface area is 200 Å². The number of methoxy groups -OCH3 is 1. The first-order chi connectivity index (χ1) is 16.5. The second kappa shape index (κ2) is 10.7. The van der Waals surface area contributed by atoms with Gasteiger partial charge in [-0.05, 0) is 42.9 Å². The van der Waals surface area contributed by atoms with Crippen LogP contribution in [-0.4, -0.2) is 65.8 Å². The summed E-state index contributed by atoms with van der Waals surface area (Å²) in [6, 6.07) is 11.2. The Hall–Kier alpha value is -3.42. The second-order valence-electron chi connectivity index (χ2n) is 8.84. The van der Waals surface area contributed by atoms with Gasteiger partial charge in [0.05, 0.1) is 19.6 Å². The molecule has 1 unspecified atom stereocenters. The van der Waals surface area contributed by atoms with Crippen LogP contribution in [0.1, 0.15) is 59.4 Å². The van der Waals surface area contributed by atoms with E-state index in [1.807, 2.05) is 36.4 Å². The lowest BCUT2D eigenvalue weighted by atomic mass is 10.0. The molecule has 1 saturated heterocycles. The molecule has 1 aromatic carbocycles. The molecule has 0 bridgehead atoms. The molecule has 1 aliphatic carbocycles. The highest BCUT2D eigenvalue weighted by Gasteiger charge is 2.28. The van der Waals surface area contributed by atoms with Gasteiger partial charge in [0.2, 0.25) is 17.7 Å². The van der Waals surface area contributed by atoms with Crippen molar-refractivity contribution in [3.63, 3.8) is 0 Å². The van der Waals surface area contributed by atoms with Gasteiger partial charge >= 0.3 is 0 Å². The number of nitrogens with zero attached hydrogens (tertiary/aromatic N) is 3. The molecule has 8 nitrogen and oxygen atoms in total. The van der Waals surface area contributed by atoms with Crippen LogP contribution in [0.5, 0.6) is 5.88 Å². The molecule has 34 heavy (non-hydrogen) atoms. The standard InChI is InChI=1S/C26H32N4O4/c1-18(31)30-14-7-13-29(15-12-27-24(32)17-23(30)19-8-4-3-5-9-19)26(33)21-16-20-10-6-11-22(20)28-25(21)34-2/h3-5,8-9,16,23H,6-7,10-15,17H2,1-2H3,(H,27,32). The molecule has 180 valence electrons. The van der Waals surface area contributed by atoms with Crippen LogP contribution < -0.4 is 10.1 Å². The Balaban J connectivity index is 1.56. The fourth-order valence-electron chi connectivity index (χ4n) is 4.87. The SMILES string of the molecule is COc1nc2c(cc1C(=O)N1CCCN(C(C)=O)C(c3ccccc3)CC(=O)NCC1)CCC2. The number of hydrogen-bond acceptors (Lipinski definition) is 5. The van der Waals surface area contributed by atoms with Crippen molar-refractivity contribution in [2.24, 2.45) is 0 Å². The van der Waals surface area contributed by atoms with Crippen molar-refractivity contribution < 1.29 is 19.1 Å². The smallest absolute Gasteiger partial charge is 0.259 e. The molecule has 2 aromatic rings. The monoisotopic (exact) mass is 464 g/mol. The number of carbonyl (C=O) groups is 3. The van der Waals surface area contributed by atoms with E-state index in [-0.39, 0.29) is 30.2 Å². The van der Waals surface area contributed by atoms with Gasteiger partial charge in [-0.25, -0.2) is 4.98 Å². The number of pyridine rings is 1. The molecule has 1 fully saturated rings. The van der Waals surface area contributed by atoms with Gasteiger partial charge in [-0.2, -0.15) is 0 Å². The largest absolute Gasteiger partial charge is 0.480 e. The van der Waals surface area contributed by atoms with Crippen molar-refractivity contribution in [2.45, 2.75) is 45.1 Å². The van der Waals surface area contributed by atoms with E-state index in [1.54, 1.807) is 9.80 Å². The van der Waals surface area contributed by atoms with E-state index < -0.39 is 0 Å². The van der Waals surface area contributed by atoms with Gasteiger partial charge in [-0.3, -0.25) is 14.4 Å². The summed E-state index contributed by atoms with van der Waals surface area (Å²) in [5, 5.41) is 2.93. The van der Waals surface area contributed by atoms with E-state index in [4.69, 9.17) is 4.74 Å². The molecule has 1 N–H and O–H groups in total. The van der Waals surface area contributed by atoms with Gasteiger partial charge in [0.1, 0.15) is 5.56 Å². The normalized spacial score (nSPS) is 19.1. The summed E-state index contributed by atoms with van der Waals surface area (Å²) >= 11 is 0. The predicted molar refractivity (Wildman–Crippen MR) is 128 cm³/mol. The lowest BCUT2D eigenvalue weighted by molar-refractivity contribution is -0.132. The molecule has 1 aromatic heterocycles. The summed E-state index contributed by atoms with van der Waals surface area (Å²) in [5.74, 6) is -0.0607. The first-order valence-corrected chi connectivity index (χ1v) is 11.9. The number of rotatable bonds is 3. The van der Waals surface area contributed by atoms with Gasteiger partial charge < -0.3 is 19.9 Å². The maximum atomic E-state index is 13.5. The molecule has 4 rings (SSSR count). The maximum Gasteiger partial charge on any atom is 0.259 e. The van der Waals surface area contributed by atoms with E-state index in [0.717, 1.165) is 36.1 Å². The zero-order valence-electron chi connectivity index (χ0n) is 19.9. The van der Waals surface area contributed by atoms with Crippen molar-refractivity contribution in [3.05, 3.63) is 58.8 Å². The van der Waals surface area contributed by atoms with E-state index in [0.29, 0.717) is 44.0 Å². The highest BCUT2D eigenvalue weighted by atomic mass is 16.5. The zero-order valence-corrected chi connectivity index (χ0v) is 19.9. The predicted octanol–water partition coefficient (Wildman–Crippen LogP) is 2.52. The highest BCUT2D eigenvalue weighted by molar-refractivity contribution is 5.96. The number of fused-ring (bicyclic) bond motifs is 1. The lowest BCUT2D eigenvalue weighted by Gasteiger charge is -2.31. The Morgan fingerprint density at radius 1 is 1.09 bits per heavy atom. The van der Waals surface area contributed by atoms with E-state index in [1.165, 1.54) is 14.0 Å². The Bertz CT molecular complexity index is 1060. The van der Waals surface area contributed by atoms with Crippen molar-refractivity contribution in [1.82, 2.24) is 20.1 Å². The van der Waals surface area contributed by atoms with Crippen LogP contribution in [0.2, 0.25) is 0 Å². The zero-order chi connectivity index (χ0) is 24.1. The van der Waals surface area contributed by atoms with Crippen molar-refractivity contribution in [3.8, 4) is 5.88 Å². The van der Waals surface area contributed by atoms with Crippen LogP contribution >= 0.6 is 0 Å². The van der Waals surface area contributed by atoms with E-state index >= 15 is 0 Å². The van der Waals surface area contributed by atoms with Crippen LogP contribution in [-0.2, 0) is 22.4 Å². The molecule has 3 amide bonds. The number of hydrogen-bond donors (Lipinski definition) is 1. The van der Waals surface area contributed by atoms with Gasteiger partial charge in [-0.15, -0.1) is 0 Å². The topological polar surface area (TPSA) is 91.8 Å². The molecule has 1 aliphatic heterocycles. The van der Waals surface area contributed by atoms with E-state index in [9.17, 15) is 14.4 Å². The quantitative estimate of drug-likeness (QED) is 0.754. The fraction of sp³-hybridized carbons (Fsp3) is 0.462. The number of aryl methyl sites for hydroxylation is 2. The first kappa shape index (κ1) is 23.7. The molecule has 1 atom stereocenters. The number of carbonyl (C=O) groups excluding carboxylic acids is 3. The summed E-state index contributed by atoms with van der Waals surface area (Å²) in [6.45, 7) is 3.15.